The standard InChI is InChI=1S/C14H18F2O/c1-9(2)5-4-6-12(17)13-11(15)8-7-10(3)14(13)16/h7-9H,4-6H2,1-3H3. The first-order valence-corrected chi connectivity index (χ1v) is 5.91. The van der Waals surface area contributed by atoms with Gasteiger partial charge < -0.3 is 0 Å². The van der Waals surface area contributed by atoms with E-state index in [-0.39, 0.29) is 12.0 Å². The van der Waals surface area contributed by atoms with E-state index in [2.05, 4.69) is 13.8 Å². The first-order chi connectivity index (χ1) is 7.93. The van der Waals surface area contributed by atoms with Crippen LogP contribution in [0.2, 0.25) is 0 Å². The second-order valence-corrected chi connectivity index (χ2v) is 4.76. The van der Waals surface area contributed by atoms with Crippen LogP contribution in [0.3, 0.4) is 0 Å². The molecule has 0 atom stereocenters. The number of benzene rings is 1. The summed E-state index contributed by atoms with van der Waals surface area (Å²) in [7, 11) is 0. The van der Waals surface area contributed by atoms with Gasteiger partial charge in [0.05, 0.1) is 5.56 Å². The summed E-state index contributed by atoms with van der Waals surface area (Å²) < 4.78 is 27.0. The summed E-state index contributed by atoms with van der Waals surface area (Å²) in [5.41, 5.74) is -0.0765. The van der Waals surface area contributed by atoms with Crippen LogP contribution in [0.1, 0.15) is 49.0 Å². The van der Waals surface area contributed by atoms with E-state index in [4.69, 9.17) is 0 Å². The van der Waals surface area contributed by atoms with Crippen LogP contribution in [-0.4, -0.2) is 5.78 Å². The first kappa shape index (κ1) is 13.8. The minimum atomic E-state index is -0.761. The van der Waals surface area contributed by atoms with Gasteiger partial charge in [0.25, 0.3) is 0 Å². The summed E-state index contributed by atoms with van der Waals surface area (Å²) in [5, 5.41) is 0. The van der Waals surface area contributed by atoms with Gasteiger partial charge in [-0.05, 0) is 30.9 Å². The first-order valence-electron chi connectivity index (χ1n) is 5.91. The molecule has 0 aromatic heterocycles. The Kier molecular flexibility index (Phi) is 4.79. The minimum absolute atomic E-state index is 0.204. The third kappa shape index (κ3) is 3.62. The van der Waals surface area contributed by atoms with Crippen molar-refractivity contribution in [3.8, 4) is 0 Å². The van der Waals surface area contributed by atoms with Gasteiger partial charge in [0, 0.05) is 6.42 Å². The van der Waals surface area contributed by atoms with Crippen LogP contribution in [0.4, 0.5) is 8.78 Å². The Labute approximate surface area is 101 Å². The van der Waals surface area contributed by atoms with Crippen molar-refractivity contribution in [2.24, 2.45) is 5.92 Å². The van der Waals surface area contributed by atoms with Crippen LogP contribution < -0.4 is 0 Å². The third-order valence-electron chi connectivity index (χ3n) is 2.75. The van der Waals surface area contributed by atoms with E-state index < -0.39 is 17.4 Å². The van der Waals surface area contributed by atoms with E-state index in [1.807, 2.05) is 0 Å². The number of carbonyl (C=O) groups is 1. The van der Waals surface area contributed by atoms with E-state index in [1.54, 1.807) is 0 Å². The van der Waals surface area contributed by atoms with Gasteiger partial charge >= 0.3 is 0 Å². The normalized spacial score (nSPS) is 10.9. The lowest BCUT2D eigenvalue weighted by atomic mass is 9.99. The Morgan fingerprint density at radius 1 is 1.29 bits per heavy atom. The van der Waals surface area contributed by atoms with Crippen LogP contribution >= 0.6 is 0 Å². The lowest BCUT2D eigenvalue weighted by molar-refractivity contribution is 0.0970. The van der Waals surface area contributed by atoms with Gasteiger partial charge in [-0.1, -0.05) is 26.3 Å². The van der Waals surface area contributed by atoms with Crippen molar-refractivity contribution in [2.45, 2.75) is 40.0 Å². The highest BCUT2D eigenvalue weighted by Gasteiger charge is 2.18. The van der Waals surface area contributed by atoms with Gasteiger partial charge in [0.15, 0.2) is 5.78 Å². The molecule has 0 fully saturated rings. The zero-order valence-corrected chi connectivity index (χ0v) is 10.5. The Morgan fingerprint density at radius 3 is 2.53 bits per heavy atom. The maximum absolute atomic E-state index is 13.6. The number of Topliss-reactive ketones (excluding diaryl/α,β-unsaturated/α-hetero) is 1. The van der Waals surface area contributed by atoms with Crippen molar-refractivity contribution in [3.05, 3.63) is 34.9 Å². The highest BCUT2D eigenvalue weighted by Crippen LogP contribution is 2.19. The predicted octanol–water partition coefficient (Wildman–Crippen LogP) is 4.28. The molecule has 1 aromatic carbocycles. The monoisotopic (exact) mass is 240 g/mol. The van der Waals surface area contributed by atoms with Crippen molar-refractivity contribution in [2.75, 3.05) is 0 Å². The molecule has 0 bridgehead atoms. The molecule has 0 spiro atoms. The lowest BCUT2D eigenvalue weighted by Gasteiger charge is -2.07. The third-order valence-corrected chi connectivity index (χ3v) is 2.75. The molecule has 0 aliphatic heterocycles. The number of hydrogen-bond acceptors (Lipinski definition) is 1. The summed E-state index contributed by atoms with van der Waals surface area (Å²) in [6.45, 7) is 5.64. The highest BCUT2D eigenvalue weighted by molar-refractivity contribution is 5.96. The van der Waals surface area contributed by atoms with E-state index >= 15 is 0 Å². The van der Waals surface area contributed by atoms with Crippen molar-refractivity contribution in [3.63, 3.8) is 0 Å². The molecule has 0 saturated heterocycles. The second kappa shape index (κ2) is 5.89. The molecule has 3 heteroatoms. The van der Waals surface area contributed by atoms with Crippen LogP contribution in [-0.2, 0) is 0 Å². The Morgan fingerprint density at radius 2 is 1.94 bits per heavy atom. The highest BCUT2D eigenvalue weighted by atomic mass is 19.1. The van der Waals surface area contributed by atoms with Crippen LogP contribution in [0, 0.1) is 24.5 Å². The number of hydrogen-bond donors (Lipinski definition) is 0. The average Bonchev–Trinajstić information content (AvgIpc) is 2.23. The maximum Gasteiger partial charge on any atom is 0.168 e. The molecule has 94 valence electrons. The second-order valence-electron chi connectivity index (χ2n) is 4.76. The van der Waals surface area contributed by atoms with E-state index in [0.717, 1.165) is 12.5 Å². The molecule has 0 aliphatic carbocycles. The number of rotatable bonds is 5. The lowest BCUT2D eigenvalue weighted by Crippen LogP contribution is -2.07. The van der Waals surface area contributed by atoms with Gasteiger partial charge in [-0.25, -0.2) is 8.78 Å². The van der Waals surface area contributed by atoms with E-state index in [0.29, 0.717) is 17.9 Å². The fraction of sp³-hybridized carbons (Fsp3) is 0.500. The van der Waals surface area contributed by atoms with Gasteiger partial charge in [0.2, 0.25) is 0 Å². The number of carbonyl (C=O) groups excluding carboxylic acids is 1. The molecular formula is C14H18F2O. The predicted molar refractivity (Wildman–Crippen MR) is 64.1 cm³/mol. The number of aryl methyl sites for hydroxylation is 1. The van der Waals surface area contributed by atoms with Crippen LogP contribution in [0.15, 0.2) is 12.1 Å². The SMILES string of the molecule is Cc1ccc(F)c(C(=O)CCCC(C)C)c1F. The smallest absolute Gasteiger partial charge is 0.168 e. The molecule has 0 aliphatic rings. The Hall–Kier alpha value is -1.25. The Balaban J connectivity index is 2.79. The van der Waals surface area contributed by atoms with E-state index in [1.165, 1.54) is 13.0 Å². The average molecular weight is 240 g/mol. The topological polar surface area (TPSA) is 17.1 Å². The molecule has 0 radical (unpaired) electrons. The summed E-state index contributed by atoms with van der Waals surface area (Å²) in [5.74, 6) is -1.43. The fourth-order valence-electron chi connectivity index (χ4n) is 1.71. The van der Waals surface area contributed by atoms with Gasteiger partial charge in [-0.15, -0.1) is 0 Å². The molecule has 0 saturated carbocycles. The molecule has 0 unspecified atom stereocenters. The van der Waals surface area contributed by atoms with Crippen LogP contribution in [0.25, 0.3) is 0 Å². The van der Waals surface area contributed by atoms with Crippen molar-refractivity contribution < 1.29 is 13.6 Å². The summed E-state index contributed by atoms with van der Waals surface area (Å²) >= 11 is 0. The molecule has 1 rings (SSSR count). The molecule has 0 amide bonds. The van der Waals surface area contributed by atoms with Gasteiger partial charge in [-0.2, -0.15) is 0 Å². The molecule has 1 aromatic rings. The summed E-state index contributed by atoms with van der Waals surface area (Å²) in [6.07, 6.45) is 1.76. The molecule has 0 heterocycles. The molecule has 0 N–H and O–H groups in total. The van der Waals surface area contributed by atoms with Crippen molar-refractivity contribution in [1.29, 1.82) is 0 Å². The van der Waals surface area contributed by atoms with E-state index in [9.17, 15) is 13.6 Å². The molecule has 1 nitrogen and oxygen atoms in total. The van der Waals surface area contributed by atoms with Gasteiger partial charge in [0.1, 0.15) is 11.6 Å². The zero-order chi connectivity index (χ0) is 13.0. The quantitative estimate of drug-likeness (QED) is 0.702. The number of ketones is 1. The van der Waals surface area contributed by atoms with Crippen molar-refractivity contribution >= 4 is 5.78 Å². The zero-order valence-electron chi connectivity index (χ0n) is 10.5. The molecular weight excluding hydrogens is 222 g/mol. The van der Waals surface area contributed by atoms with Crippen molar-refractivity contribution in [1.82, 2.24) is 0 Å². The Bertz CT molecular complexity index is 411. The van der Waals surface area contributed by atoms with Crippen LogP contribution in [0.5, 0.6) is 0 Å². The molecule has 17 heavy (non-hydrogen) atoms. The number of halogens is 2. The largest absolute Gasteiger partial charge is 0.294 e. The summed E-state index contributed by atoms with van der Waals surface area (Å²) in [4.78, 5) is 11.7. The summed E-state index contributed by atoms with van der Waals surface area (Å²) in [6, 6.07) is 2.49. The fourth-order valence-corrected chi connectivity index (χ4v) is 1.71. The maximum atomic E-state index is 13.6. The van der Waals surface area contributed by atoms with Gasteiger partial charge in [-0.3, -0.25) is 4.79 Å². The minimum Gasteiger partial charge on any atom is -0.294 e.